The van der Waals surface area contributed by atoms with Crippen molar-refractivity contribution in [2.24, 2.45) is 0 Å². The van der Waals surface area contributed by atoms with E-state index in [9.17, 15) is 9.59 Å². The van der Waals surface area contributed by atoms with Gasteiger partial charge in [0.25, 0.3) is 5.24 Å². The molecule has 0 saturated carbocycles. The molecule has 1 amide bonds. The summed E-state index contributed by atoms with van der Waals surface area (Å²) in [5, 5.41) is 0.0859. The standard InChI is InChI=1S/C13H15NO4S/c1-17-12(15)9-18-11-5-3-2-4-10(11)8-14-6-7-19-13(14)16/h2-5H,6-9H2,1H3. The highest BCUT2D eigenvalue weighted by atomic mass is 32.2. The van der Waals surface area contributed by atoms with Crippen LogP contribution in [-0.2, 0) is 16.1 Å². The van der Waals surface area contributed by atoms with E-state index >= 15 is 0 Å². The summed E-state index contributed by atoms with van der Waals surface area (Å²) >= 11 is 1.32. The maximum Gasteiger partial charge on any atom is 0.343 e. The Bertz CT molecular complexity index is 477. The first-order valence-corrected chi connectivity index (χ1v) is 6.88. The van der Waals surface area contributed by atoms with Crippen LogP contribution >= 0.6 is 11.8 Å². The average Bonchev–Trinajstić information content (AvgIpc) is 2.83. The number of benzene rings is 1. The molecule has 1 heterocycles. The average molecular weight is 281 g/mol. The minimum Gasteiger partial charge on any atom is -0.482 e. The van der Waals surface area contributed by atoms with Gasteiger partial charge in [-0.1, -0.05) is 30.0 Å². The molecule has 0 atom stereocenters. The minimum atomic E-state index is -0.428. The van der Waals surface area contributed by atoms with Crippen LogP contribution in [0, 0.1) is 0 Å². The Balaban J connectivity index is 2.03. The van der Waals surface area contributed by atoms with Gasteiger partial charge in [0, 0.05) is 17.9 Å². The number of hydrogen-bond donors (Lipinski definition) is 0. The molecule has 1 fully saturated rings. The van der Waals surface area contributed by atoms with Gasteiger partial charge in [0.05, 0.1) is 13.7 Å². The molecule has 102 valence electrons. The molecule has 0 N–H and O–H groups in total. The van der Waals surface area contributed by atoms with Crippen molar-refractivity contribution in [1.29, 1.82) is 0 Å². The van der Waals surface area contributed by atoms with Gasteiger partial charge >= 0.3 is 5.97 Å². The van der Waals surface area contributed by atoms with E-state index in [-0.39, 0.29) is 11.8 Å². The molecule has 0 aromatic heterocycles. The van der Waals surface area contributed by atoms with E-state index in [0.29, 0.717) is 12.3 Å². The molecule has 0 aliphatic carbocycles. The lowest BCUT2D eigenvalue weighted by molar-refractivity contribution is -0.142. The molecule has 1 aromatic rings. The highest BCUT2D eigenvalue weighted by Gasteiger charge is 2.22. The van der Waals surface area contributed by atoms with Gasteiger partial charge in [0.15, 0.2) is 6.61 Å². The van der Waals surface area contributed by atoms with Crippen molar-refractivity contribution in [1.82, 2.24) is 4.90 Å². The number of amides is 1. The fourth-order valence-corrected chi connectivity index (χ4v) is 2.57. The van der Waals surface area contributed by atoms with Crippen molar-refractivity contribution < 1.29 is 19.1 Å². The third-order valence-electron chi connectivity index (χ3n) is 2.75. The number of rotatable bonds is 5. The number of esters is 1. The summed E-state index contributed by atoms with van der Waals surface area (Å²) in [5.41, 5.74) is 0.891. The summed E-state index contributed by atoms with van der Waals surface area (Å²) in [5.74, 6) is 1.00. The van der Waals surface area contributed by atoms with E-state index in [1.807, 2.05) is 18.2 Å². The van der Waals surface area contributed by atoms with Crippen LogP contribution in [0.4, 0.5) is 4.79 Å². The number of carbonyl (C=O) groups excluding carboxylic acids is 2. The lowest BCUT2D eigenvalue weighted by atomic mass is 10.2. The predicted molar refractivity (Wildman–Crippen MR) is 72.2 cm³/mol. The molecule has 1 aliphatic rings. The number of para-hydroxylation sites is 1. The monoisotopic (exact) mass is 281 g/mol. The maximum absolute atomic E-state index is 11.6. The van der Waals surface area contributed by atoms with Gasteiger partial charge in [-0.3, -0.25) is 4.79 Å². The normalized spacial score (nSPS) is 14.6. The molecule has 5 nitrogen and oxygen atoms in total. The summed E-state index contributed by atoms with van der Waals surface area (Å²) in [4.78, 5) is 24.4. The highest BCUT2D eigenvalue weighted by Crippen LogP contribution is 2.24. The number of ether oxygens (including phenoxy) is 2. The van der Waals surface area contributed by atoms with Gasteiger partial charge in [-0.25, -0.2) is 4.79 Å². The van der Waals surface area contributed by atoms with Crippen molar-refractivity contribution in [3.8, 4) is 5.75 Å². The summed E-state index contributed by atoms with van der Waals surface area (Å²) in [7, 11) is 1.32. The second-order valence-corrected chi connectivity index (χ2v) is 5.05. The van der Waals surface area contributed by atoms with Crippen molar-refractivity contribution >= 4 is 23.0 Å². The SMILES string of the molecule is COC(=O)COc1ccccc1CN1CCSC1=O. The fourth-order valence-electron chi connectivity index (χ4n) is 1.75. The highest BCUT2D eigenvalue weighted by molar-refractivity contribution is 8.13. The second-order valence-electron chi connectivity index (χ2n) is 4.01. The molecule has 0 spiro atoms. The molecule has 6 heteroatoms. The van der Waals surface area contributed by atoms with E-state index in [2.05, 4.69) is 4.74 Å². The van der Waals surface area contributed by atoms with Crippen LogP contribution < -0.4 is 4.74 Å². The number of nitrogens with zero attached hydrogens (tertiary/aromatic N) is 1. The smallest absolute Gasteiger partial charge is 0.343 e. The van der Waals surface area contributed by atoms with E-state index in [1.54, 1.807) is 11.0 Å². The number of thioether (sulfide) groups is 1. The van der Waals surface area contributed by atoms with E-state index in [1.165, 1.54) is 18.9 Å². The van der Waals surface area contributed by atoms with Crippen molar-refractivity contribution in [2.75, 3.05) is 26.0 Å². The summed E-state index contributed by atoms with van der Waals surface area (Å²) in [6, 6.07) is 7.39. The Labute approximate surface area is 115 Å². The molecule has 0 radical (unpaired) electrons. The third kappa shape index (κ3) is 3.64. The Hall–Kier alpha value is -1.69. The van der Waals surface area contributed by atoms with Gasteiger partial charge in [0.1, 0.15) is 5.75 Å². The summed E-state index contributed by atoms with van der Waals surface area (Å²) in [6.45, 7) is 1.12. The maximum atomic E-state index is 11.6. The Morgan fingerprint density at radius 1 is 1.42 bits per heavy atom. The van der Waals surface area contributed by atoms with Crippen LogP contribution in [0.3, 0.4) is 0 Å². The van der Waals surface area contributed by atoms with Crippen LogP contribution in [0.2, 0.25) is 0 Å². The van der Waals surface area contributed by atoms with Crippen LogP contribution in [0.25, 0.3) is 0 Å². The number of methoxy groups -OCH3 is 1. The Morgan fingerprint density at radius 3 is 2.89 bits per heavy atom. The number of hydrogen-bond acceptors (Lipinski definition) is 5. The quantitative estimate of drug-likeness (QED) is 0.772. The van der Waals surface area contributed by atoms with Crippen molar-refractivity contribution in [3.63, 3.8) is 0 Å². The fraction of sp³-hybridized carbons (Fsp3) is 0.385. The van der Waals surface area contributed by atoms with E-state index in [4.69, 9.17) is 4.74 Å². The number of carbonyl (C=O) groups is 2. The van der Waals surface area contributed by atoms with Crippen LogP contribution in [0.1, 0.15) is 5.56 Å². The zero-order chi connectivity index (χ0) is 13.7. The van der Waals surface area contributed by atoms with Gasteiger partial charge < -0.3 is 14.4 Å². The molecule has 1 aromatic carbocycles. The molecule has 1 aliphatic heterocycles. The molecule has 1 saturated heterocycles. The topological polar surface area (TPSA) is 55.8 Å². The van der Waals surface area contributed by atoms with E-state index in [0.717, 1.165) is 17.9 Å². The molecule has 19 heavy (non-hydrogen) atoms. The molecular formula is C13H15NO4S. The largest absolute Gasteiger partial charge is 0.482 e. The summed E-state index contributed by atoms with van der Waals surface area (Å²) < 4.78 is 9.95. The third-order valence-corrected chi connectivity index (χ3v) is 3.64. The van der Waals surface area contributed by atoms with Gasteiger partial charge in [0.2, 0.25) is 0 Å². The predicted octanol–water partition coefficient (Wildman–Crippen LogP) is 1.91. The zero-order valence-corrected chi connectivity index (χ0v) is 11.4. The Kier molecular flexibility index (Phi) is 4.68. The van der Waals surface area contributed by atoms with Gasteiger partial charge in [-0.15, -0.1) is 0 Å². The Morgan fingerprint density at radius 2 is 2.21 bits per heavy atom. The van der Waals surface area contributed by atoms with Gasteiger partial charge in [-0.2, -0.15) is 0 Å². The first kappa shape index (κ1) is 13.7. The molecular weight excluding hydrogens is 266 g/mol. The van der Waals surface area contributed by atoms with Crippen LogP contribution in [-0.4, -0.2) is 42.1 Å². The van der Waals surface area contributed by atoms with Crippen LogP contribution in [0.5, 0.6) is 5.75 Å². The lowest BCUT2D eigenvalue weighted by Crippen LogP contribution is -2.23. The van der Waals surface area contributed by atoms with Crippen LogP contribution in [0.15, 0.2) is 24.3 Å². The molecule has 2 rings (SSSR count). The minimum absolute atomic E-state index is 0.0859. The van der Waals surface area contributed by atoms with Crippen molar-refractivity contribution in [2.45, 2.75) is 6.54 Å². The first-order chi connectivity index (χ1) is 9.20. The van der Waals surface area contributed by atoms with Gasteiger partial charge in [-0.05, 0) is 6.07 Å². The lowest BCUT2D eigenvalue weighted by Gasteiger charge is -2.17. The zero-order valence-electron chi connectivity index (χ0n) is 10.6. The molecule has 0 bridgehead atoms. The van der Waals surface area contributed by atoms with Crippen molar-refractivity contribution in [3.05, 3.63) is 29.8 Å². The summed E-state index contributed by atoms with van der Waals surface area (Å²) in [6.07, 6.45) is 0. The molecule has 0 unspecified atom stereocenters. The second kappa shape index (κ2) is 6.47. The first-order valence-electron chi connectivity index (χ1n) is 5.90. The van der Waals surface area contributed by atoms with E-state index < -0.39 is 5.97 Å².